The van der Waals surface area contributed by atoms with Gasteiger partial charge in [0.05, 0.1) is 17.6 Å². The first kappa shape index (κ1) is 20.4. The molecule has 0 saturated heterocycles. The molecule has 2 amide bonds. The van der Waals surface area contributed by atoms with Crippen LogP contribution in [-0.2, 0) is 11.2 Å². The maximum atomic E-state index is 12.2. The fraction of sp³-hybridized carbons (Fsp3) is 0.318. The van der Waals surface area contributed by atoms with Gasteiger partial charge < -0.3 is 9.72 Å². The zero-order chi connectivity index (χ0) is 20.6. The summed E-state index contributed by atoms with van der Waals surface area (Å²) in [5, 5.41) is 0. The molecule has 0 saturated carbocycles. The minimum absolute atomic E-state index is 0.211. The van der Waals surface area contributed by atoms with Gasteiger partial charge in [0.25, 0.3) is 5.91 Å². The van der Waals surface area contributed by atoms with Gasteiger partial charge in [-0.2, -0.15) is 0 Å². The zero-order valence-electron chi connectivity index (χ0n) is 16.7. The number of carbonyl (C=O) groups is 2. The number of benzene rings is 2. The highest BCUT2D eigenvalue weighted by Gasteiger charge is 2.09. The van der Waals surface area contributed by atoms with Gasteiger partial charge in [0.2, 0.25) is 5.91 Å². The number of H-pyrrole nitrogens is 1. The number of para-hydroxylation sites is 2. The molecule has 0 unspecified atom stereocenters. The molecule has 0 aliphatic rings. The highest BCUT2D eigenvalue weighted by molar-refractivity contribution is 5.95. The summed E-state index contributed by atoms with van der Waals surface area (Å²) in [5.74, 6) is 1.37. The van der Waals surface area contributed by atoms with Gasteiger partial charge in [0.15, 0.2) is 0 Å². The molecule has 0 spiro atoms. The molecule has 7 nitrogen and oxygen atoms in total. The normalized spacial score (nSPS) is 10.9. The molecule has 0 aliphatic carbocycles. The van der Waals surface area contributed by atoms with Crippen LogP contribution in [0.4, 0.5) is 0 Å². The number of carbonyl (C=O) groups excluding carboxylic acids is 2. The van der Waals surface area contributed by atoms with Crippen molar-refractivity contribution < 1.29 is 14.3 Å². The molecule has 1 aromatic heterocycles. The van der Waals surface area contributed by atoms with Gasteiger partial charge in [-0.25, -0.2) is 4.98 Å². The van der Waals surface area contributed by atoms with E-state index in [1.807, 2.05) is 24.3 Å². The molecule has 2 aromatic carbocycles. The molecule has 0 aliphatic heterocycles. The molecule has 0 fully saturated rings. The highest BCUT2D eigenvalue weighted by Crippen LogP contribution is 2.13. The Labute approximate surface area is 169 Å². The quantitative estimate of drug-likeness (QED) is 0.510. The van der Waals surface area contributed by atoms with Crippen LogP contribution in [0.2, 0.25) is 0 Å². The summed E-state index contributed by atoms with van der Waals surface area (Å²) in [6, 6.07) is 14.5. The van der Waals surface area contributed by atoms with Crippen LogP contribution in [0.1, 0.15) is 42.9 Å². The maximum absolute atomic E-state index is 12.2. The second-order valence-electron chi connectivity index (χ2n) is 7.26. The van der Waals surface area contributed by atoms with E-state index < -0.39 is 0 Å². The number of hydrogen-bond donors (Lipinski definition) is 3. The largest absolute Gasteiger partial charge is 0.494 e. The standard InChI is InChI=1S/C22H26N4O3/c1-15(2)13-14-29-17-9-7-16(8-10-17)22(28)26-25-21(27)12-11-20-23-18-5-3-4-6-19(18)24-20/h3-10,15H,11-14H2,1-2H3,(H,23,24)(H,25,27)(H,26,28). The third-order valence-electron chi connectivity index (χ3n) is 4.42. The van der Waals surface area contributed by atoms with Crippen LogP contribution in [0.5, 0.6) is 5.75 Å². The number of nitrogens with zero attached hydrogens (tertiary/aromatic N) is 1. The predicted octanol–water partition coefficient (Wildman–Crippen LogP) is 3.38. The van der Waals surface area contributed by atoms with E-state index in [1.54, 1.807) is 24.3 Å². The minimum atomic E-state index is -0.379. The highest BCUT2D eigenvalue weighted by atomic mass is 16.5. The SMILES string of the molecule is CC(C)CCOc1ccc(C(=O)NNC(=O)CCc2nc3ccccc3[nH]2)cc1. The predicted molar refractivity (Wildman–Crippen MR) is 111 cm³/mol. The number of ether oxygens (including phenoxy) is 1. The molecule has 3 rings (SSSR count). The van der Waals surface area contributed by atoms with Gasteiger partial charge in [-0.15, -0.1) is 0 Å². The Morgan fingerprint density at radius 2 is 1.83 bits per heavy atom. The Morgan fingerprint density at radius 1 is 1.07 bits per heavy atom. The van der Waals surface area contributed by atoms with Crippen LogP contribution >= 0.6 is 0 Å². The van der Waals surface area contributed by atoms with Gasteiger partial charge in [0, 0.05) is 18.4 Å². The molecule has 0 radical (unpaired) electrons. The van der Waals surface area contributed by atoms with Crippen molar-refractivity contribution in [3.63, 3.8) is 0 Å². The molecular formula is C22H26N4O3. The number of fused-ring (bicyclic) bond motifs is 1. The summed E-state index contributed by atoms with van der Waals surface area (Å²) in [4.78, 5) is 31.8. The summed E-state index contributed by atoms with van der Waals surface area (Å²) in [5.41, 5.74) is 7.11. The topological polar surface area (TPSA) is 96.1 Å². The Balaban J connectivity index is 1.41. The number of aromatic nitrogens is 2. The van der Waals surface area contributed by atoms with E-state index in [0.29, 0.717) is 24.5 Å². The number of rotatable bonds is 8. The first-order valence-electron chi connectivity index (χ1n) is 9.77. The lowest BCUT2D eigenvalue weighted by atomic mass is 10.1. The van der Waals surface area contributed by atoms with E-state index in [2.05, 4.69) is 34.7 Å². The first-order chi connectivity index (χ1) is 14.0. The summed E-state index contributed by atoms with van der Waals surface area (Å²) < 4.78 is 5.64. The number of hydrogen-bond acceptors (Lipinski definition) is 4. The number of aryl methyl sites for hydroxylation is 1. The Morgan fingerprint density at radius 3 is 2.55 bits per heavy atom. The fourth-order valence-corrected chi connectivity index (χ4v) is 2.73. The smallest absolute Gasteiger partial charge is 0.269 e. The molecule has 7 heteroatoms. The average molecular weight is 394 g/mol. The number of nitrogens with one attached hydrogen (secondary N) is 3. The molecule has 0 atom stereocenters. The van der Waals surface area contributed by atoms with Crippen molar-refractivity contribution in [2.45, 2.75) is 33.1 Å². The lowest BCUT2D eigenvalue weighted by molar-refractivity contribution is -0.121. The van der Waals surface area contributed by atoms with Gasteiger partial charge >= 0.3 is 0 Å². The van der Waals surface area contributed by atoms with Crippen LogP contribution in [0, 0.1) is 5.92 Å². The first-order valence-corrected chi connectivity index (χ1v) is 9.77. The van der Waals surface area contributed by atoms with E-state index in [4.69, 9.17) is 4.74 Å². The van der Waals surface area contributed by atoms with E-state index >= 15 is 0 Å². The van der Waals surface area contributed by atoms with Crippen LogP contribution in [0.25, 0.3) is 11.0 Å². The van der Waals surface area contributed by atoms with Crippen LogP contribution < -0.4 is 15.6 Å². The molecule has 152 valence electrons. The molecule has 3 N–H and O–H groups in total. The Bertz CT molecular complexity index is 931. The second-order valence-corrected chi connectivity index (χ2v) is 7.26. The van der Waals surface area contributed by atoms with Crippen molar-refractivity contribution in [3.05, 3.63) is 59.9 Å². The number of hydrazine groups is 1. The summed E-state index contributed by atoms with van der Waals surface area (Å²) in [7, 11) is 0. The van der Waals surface area contributed by atoms with Crippen molar-refractivity contribution >= 4 is 22.8 Å². The third-order valence-corrected chi connectivity index (χ3v) is 4.42. The molecule has 1 heterocycles. The van der Waals surface area contributed by atoms with Crippen LogP contribution in [0.3, 0.4) is 0 Å². The van der Waals surface area contributed by atoms with E-state index in [-0.39, 0.29) is 18.2 Å². The van der Waals surface area contributed by atoms with E-state index in [0.717, 1.165) is 29.0 Å². The van der Waals surface area contributed by atoms with Gasteiger partial charge in [-0.3, -0.25) is 20.4 Å². The second kappa shape index (κ2) is 9.73. The lowest BCUT2D eigenvalue weighted by Gasteiger charge is -2.09. The fourth-order valence-electron chi connectivity index (χ4n) is 2.73. The zero-order valence-corrected chi connectivity index (χ0v) is 16.7. The van der Waals surface area contributed by atoms with Gasteiger partial charge in [0.1, 0.15) is 11.6 Å². The van der Waals surface area contributed by atoms with E-state index in [9.17, 15) is 9.59 Å². The molecule has 29 heavy (non-hydrogen) atoms. The van der Waals surface area contributed by atoms with Crippen LogP contribution in [0.15, 0.2) is 48.5 Å². The van der Waals surface area contributed by atoms with Crippen LogP contribution in [-0.4, -0.2) is 28.4 Å². The molecular weight excluding hydrogens is 368 g/mol. The monoisotopic (exact) mass is 394 g/mol. The van der Waals surface area contributed by atoms with Crippen molar-refractivity contribution in [3.8, 4) is 5.75 Å². The van der Waals surface area contributed by atoms with Gasteiger partial charge in [-0.1, -0.05) is 26.0 Å². The maximum Gasteiger partial charge on any atom is 0.269 e. The van der Waals surface area contributed by atoms with Gasteiger partial charge in [-0.05, 0) is 48.7 Å². The summed E-state index contributed by atoms with van der Waals surface area (Å²) >= 11 is 0. The Hall–Kier alpha value is -3.35. The third kappa shape index (κ3) is 6.07. The van der Waals surface area contributed by atoms with Crippen molar-refractivity contribution in [2.75, 3.05) is 6.61 Å². The average Bonchev–Trinajstić information content (AvgIpc) is 3.14. The molecule has 0 bridgehead atoms. The van der Waals surface area contributed by atoms with Crippen molar-refractivity contribution in [1.82, 2.24) is 20.8 Å². The van der Waals surface area contributed by atoms with Crippen molar-refractivity contribution in [1.29, 1.82) is 0 Å². The van der Waals surface area contributed by atoms with E-state index in [1.165, 1.54) is 0 Å². The minimum Gasteiger partial charge on any atom is -0.494 e. The number of aromatic amines is 1. The van der Waals surface area contributed by atoms with Crippen molar-refractivity contribution in [2.24, 2.45) is 5.92 Å². The molecule has 3 aromatic rings. The summed E-state index contributed by atoms with van der Waals surface area (Å²) in [6.07, 6.45) is 1.64. The number of imidazole rings is 1. The number of amides is 2. The lowest BCUT2D eigenvalue weighted by Crippen LogP contribution is -2.41. The summed E-state index contributed by atoms with van der Waals surface area (Å²) in [6.45, 7) is 4.92. The Kier molecular flexibility index (Phi) is 6.84.